The SMILES string of the molecule is CN(CCCNC(=O)C1CCCO1)c1nc(N)c2cc(CO)c(CO)cc2n1. The van der Waals surface area contributed by atoms with Crippen LogP contribution in [-0.2, 0) is 22.7 Å². The minimum absolute atomic E-state index is 0.0532. The van der Waals surface area contributed by atoms with Crippen molar-refractivity contribution in [3.8, 4) is 0 Å². The summed E-state index contributed by atoms with van der Waals surface area (Å²) in [5, 5.41) is 22.5. The number of carbonyl (C=O) groups is 1. The smallest absolute Gasteiger partial charge is 0.249 e. The van der Waals surface area contributed by atoms with Gasteiger partial charge in [-0.2, -0.15) is 4.98 Å². The molecule has 0 radical (unpaired) electrons. The third kappa shape index (κ3) is 4.49. The van der Waals surface area contributed by atoms with Crippen LogP contribution in [0.15, 0.2) is 12.1 Å². The molecule has 152 valence electrons. The number of benzene rings is 1. The molecule has 1 atom stereocenters. The van der Waals surface area contributed by atoms with Crippen LogP contribution in [0.3, 0.4) is 0 Å². The zero-order valence-electron chi connectivity index (χ0n) is 16.0. The number of nitrogens with one attached hydrogen (secondary N) is 1. The molecule has 9 heteroatoms. The van der Waals surface area contributed by atoms with E-state index in [9.17, 15) is 15.0 Å². The number of nitrogen functional groups attached to an aromatic ring is 1. The van der Waals surface area contributed by atoms with E-state index in [1.807, 2.05) is 11.9 Å². The molecule has 1 fully saturated rings. The molecule has 0 bridgehead atoms. The second kappa shape index (κ2) is 9.13. The Morgan fingerprint density at radius 1 is 1.32 bits per heavy atom. The normalized spacial score (nSPS) is 16.5. The molecule has 0 aliphatic carbocycles. The largest absolute Gasteiger partial charge is 0.392 e. The van der Waals surface area contributed by atoms with E-state index in [0.717, 1.165) is 19.3 Å². The van der Waals surface area contributed by atoms with E-state index in [0.29, 0.717) is 53.5 Å². The van der Waals surface area contributed by atoms with E-state index in [1.165, 1.54) is 0 Å². The summed E-state index contributed by atoms with van der Waals surface area (Å²) < 4.78 is 5.36. The Bertz CT molecular complexity index is 839. The molecule has 5 N–H and O–H groups in total. The summed E-state index contributed by atoms with van der Waals surface area (Å²) in [5.74, 6) is 0.733. The van der Waals surface area contributed by atoms with E-state index in [-0.39, 0.29) is 25.2 Å². The molecule has 3 rings (SSSR count). The van der Waals surface area contributed by atoms with Crippen LogP contribution in [0.25, 0.3) is 10.9 Å². The van der Waals surface area contributed by atoms with Crippen molar-refractivity contribution >= 4 is 28.6 Å². The van der Waals surface area contributed by atoms with Gasteiger partial charge in [0.25, 0.3) is 0 Å². The molecular formula is C19H27N5O4. The number of rotatable bonds is 8. The maximum absolute atomic E-state index is 11.9. The molecule has 2 heterocycles. The summed E-state index contributed by atoms with van der Waals surface area (Å²) in [6.45, 7) is 1.45. The van der Waals surface area contributed by atoms with Crippen LogP contribution in [0.5, 0.6) is 0 Å². The molecule has 1 aliphatic heterocycles. The number of nitrogens with two attached hydrogens (primary N) is 1. The van der Waals surface area contributed by atoms with Gasteiger partial charge in [-0.1, -0.05) is 0 Å². The summed E-state index contributed by atoms with van der Waals surface area (Å²) in [6, 6.07) is 3.43. The van der Waals surface area contributed by atoms with Crippen LogP contribution < -0.4 is 16.0 Å². The molecule has 1 unspecified atom stereocenters. The zero-order chi connectivity index (χ0) is 20.1. The second-order valence-corrected chi connectivity index (χ2v) is 6.93. The summed E-state index contributed by atoms with van der Waals surface area (Å²) in [7, 11) is 1.86. The average Bonchev–Trinajstić information content (AvgIpc) is 3.24. The van der Waals surface area contributed by atoms with Gasteiger partial charge in [-0.3, -0.25) is 4.79 Å². The highest BCUT2D eigenvalue weighted by Gasteiger charge is 2.22. The van der Waals surface area contributed by atoms with Crippen molar-refractivity contribution in [3.05, 3.63) is 23.3 Å². The van der Waals surface area contributed by atoms with E-state index < -0.39 is 0 Å². The molecular weight excluding hydrogens is 362 g/mol. The number of aliphatic hydroxyl groups excluding tert-OH is 2. The minimum atomic E-state index is -0.314. The first-order chi connectivity index (χ1) is 13.5. The fraction of sp³-hybridized carbons (Fsp3) is 0.526. The number of hydrogen-bond acceptors (Lipinski definition) is 8. The zero-order valence-corrected chi connectivity index (χ0v) is 16.0. The first-order valence-electron chi connectivity index (χ1n) is 9.44. The second-order valence-electron chi connectivity index (χ2n) is 6.93. The fourth-order valence-corrected chi connectivity index (χ4v) is 3.27. The Morgan fingerprint density at radius 2 is 2.07 bits per heavy atom. The Labute approximate surface area is 163 Å². The minimum Gasteiger partial charge on any atom is -0.392 e. The van der Waals surface area contributed by atoms with Gasteiger partial charge in [0.15, 0.2) is 0 Å². The van der Waals surface area contributed by atoms with E-state index >= 15 is 0 Å². The first kappa shape index (κ1) is 20.2. The number of amides is 1. The van der Waals surface area contributed by atoms with Crippen LogP contribution in [0.1, 0.15) is 30.4 Å². The van der Waals surface area contributed by atoms with Gasteiger partial charge in [0.05, 0.1) is 18.7 Å². The molecule has 0 saturated carbocycles. The number of nitrogens with zero attached hydrogens (tertiary/aromatic N) is 3. The van der Waals surface area contributed by atoms with E-state index in [2.05, 4.69) is 15.3 Å². The van der Waals surface area contributed by atoms with Gasteiger partial charge >= 0.3 is 0 Å². The lowest BCUT2D eigenvalue weighted by Gasteiger charge is -2.19. The van der Waals surface area contributed by atoms with Crippen molar-refractivity contribution in [1.82, 2.24) is 15.3 Å². The van der Waals surface area contributed by atoms with Crippen LogP contribution in [0.2, 0.25) is 0 Å². The predicted octanol–water partition coefficient (Wildman–Crippen LogP) is 0.318. The average molecular weight is 389 g/mol. The quantitative estimate of drug-likeness (QED) is 0.474. The van der Waals surface area contributed by atoms with Crippen LogP contribution in [0.4, 0.5) is 11.8 Å². The van der Waals surface area contributed by atoms with Gasteiger partial charge in [-0.05, 0) is 42.5 Å². The summed E-state index contributed by atoms with van der Waals surface area (Å²) in [4.78, 5) is 22.7. The summed E-state index contributed by atoms with van der Waals surface area (Å²) >= 11 is 0. The lowest BCUT2D eigenvalue weighted by atomic mass is 10.1. The van der Waals surface area contributed by atoms with Gasteiger partial charge in [0.2, 0.25) is 11.9 Å². The lowest BCUT2D eigenvalue weighted by Crippen LogP contribution is -2.36. The van der Waals surface area contributed by atoms with Crippen molar-refractivity contribution in [3.63, 3.8) is 0 Å². The molecule has 0 spiro atoms. The molecule has 1 saturated heterocycles. The fourth-order valence-electron chi connectivity index (χ4n) is 3.27. The Hall–Kier alpha value is -2.49. The van der Waals surface area contributed by atoms with Crippen LogP contribution in [-0.4, -0.2) is 58.9 Å². The predicted molar refractivity (Wildman–Crippen MR) is 106 cm³/mol. The van der Waals surface area contributed by atoms with E-state index in [1.54, 1.807) is 12.1 Å². The van der Waals surface area contributed by atoms with Crippen molar-refractivity contribution in [1.29, 1.82) is 0 Å². The number of anilines is 2. The van der Waals surface area contributed by atoms with Gasteiger partial charge in [-0.25, -0.2) is 4.98 Å². The summed E-state index contributed by atoms with van der Waals surface area (Å²) in [6.07, 6.45) is 2.12. The number of aromatic nitrogens is 2. The molecule has 1 amide bonds. The highest BCUT2D eigenvalue weighted by Crippen LogP contribution is 2.25. The maximum atomic E-state index is 11.9. The third-order valence-corrected chi connectivity index (χ3v) is 4.91. The van der Waals surface area contributed by atoms with Gasteiger partial charge in [0.1, 0.15) is 11.9 Å². The number of hydrogen-bond donors (Lipinski definition) is 4. The highest BCUT2D eigenvalue weighted by molar-refractivity contribution is 5.90. The Morgan fingerprint density at radius 3 is 2.75 bits per heavy atom. The monoisotopic (exact) mass is 389 g/mol. The molecule has 1 aromatic heterocycles. The van der Waals surface area contributed by atoms with Crippen LogP contribution in [0, 0.1) is 0 Å². The van der Waals surface area contributed by atoms with Crippen molar-refractivity contribution < 1.29 is 19.7 Å². The standard InChI is InChI=1S/C19H27N5O4/c1-24(6-3-5-21-18(27)16-4-2-7-28-16)19-22-15-9-13(11-26)12(10-25)8-14(15)17(20)23-19/h8-9,16,25-26H,2-7,10-11H2,1H3,(H,21,27)(H2,20,22,23). The Kier molecular flexibility index (Phi) is 6.61. The molecule has 9 nitrogen and oxygen atoms in total. The number of aliphatic hydroxyl groups is 2. The number of ether oxygens (including phenoxy) is 1. The first-order valence-corrected chi connectivity index (χ1v) is 9.44. The maximum Gasteiger partial charge on any atom is 0.249 e. The van der Waals surface area contributed by atoms with Gasteiger partial charge in [0, 0.05) is 32.1 Å². The molecule has 2 aromatic rings. The Balaban J connectivity index is 1.62. The number of fused-ring (bicyclic) bond motifs is 1. The van der Waals surface area contributed by atoms with Crippen molar-refractivity contribution in [2.75, 3.05) is 37.4 Å². The number of carbonyl (C=O) groups excluding carboxylic acids is 1. The topological polar surface area (TPSA) is 134 Å². The van der Waals surface area contributed by atoms with Gasteiger partial charge < -0.3 is 30.9 Å². The van der Waals surface area contributed by atoms with Crippen molar-refractivity contribution in [2.45, 2.75) is 38.6 Å². The van der Waals surface area contributed by atoms with Crippen molar-refractivity contribution in [2.24, 2.45) is 0 Å². The third-order valence-electron chi connectivity index (χ3n) is 4.91. The molecule has 1 aromatic carbocycles. The van der Waals surface area contributed by atoms with Crippen LogP contribution >= 0.6 is 0 Å². The summed E-state index contributed by atoms with van der Waals surface area (Å²) in [5.41, 5.74) is 7.91. The van der Waals surface area contributed by atoms with E-state index in [4.69, 9.17) is 10.5 Å². The van der Waals surface area contributed by atoms with Gasteiger partial charge in [-0.15, -0.1) is 0 Å². The molecule has 1 aliphatic rings. The lowest BCUT2D eigenvalue weighted by molar-refractivity contribution is -0.130. The molecule has 28 heavy (non-hydrogen) atoms. The highest BCUT2D eigenvalue weighted by atomic mass is 16.5.